The molecular weight excluding hydrogens is 344 g/mol. The van der Waals surface area contributed by atoms with Crippen molar-refractivity contribution in [3.05, 3.63) is 59.7 Å². The maximum atomic E-state index is 6.31. The minimum atomic E-state index is 0.524. The van der Waals surface area contributed by atoms with Crippen LogP contribution in [-0.4, -0.2) is 45.2 Å². The van der Waals surface area contributed by atoms with Crippen molar-refractivity contribution in [1.29, 1.82) is 0 Å². The molecule has 0 aromatic heterocycles. The summed E-state index contributed by atoms with van der Waals surface area (Å²) in [7, 11) is 4.19. The topological polar surface area (TPSA) is 15.7 Å². The third-order valence-corrected chi connectivity index (χ3v) is 6.03. The van der Waals surface area contributed by atoms with E-state index in [0.29, 0.717) is 11.8 Å². The maximum Gasteiger partial charge on any atom is 0.122 e. The van der Waals surface area contributed by atoms with Crippen molar-refractivity contribution >= 4 is 5.69 Å². The summed E-state index contributed by atoms with van der Waals surface area (Å²) in [5, 5.41) is 0. The molecule has 1 heterocycles. The van der Waals surface area contributed by atoms with Crippen LogP contribution in [0.15, 0.2) is 48.5 Å². The van der Waals surface area contributed by atoms with Crippen LogP contribution in [0.5, 0.6) is 5.75 Å². The summed E-state index contributed by atoms with van der Waals surface area (Å²) in [6.45, 7) is 8.73. The Balaban J connectivity index is 1.73. The predicted octanol–water partition coefficient (Wildman–Crippen LogP) is 5.35. The number of benzene rings is 2. The third-order valence-electron chi connectivity index (χ3n) is 6.03. The Morgan fingerprint density at radius 1 is 1.07 bits per heavy atom. The van der Waals surface area contributed by atoms with Gasteiger partial charge in [0.2, 0.25) is 0 Å². The predicted molar refractivity (Wildman–Crippen MR) is 120 cm³/mol. The molecule has 0 amide bonds. The largest absolute Gasteiger partial charge is 0.493 e. The summed E-state index contributed by atoms with van der Waals surface area (Å²) in [4.78, 5) is 4.80. The Labute approximate surface area is 171 Å². The van der Waals surface area contributed by atoms with E-state index in [-0.39, 0.29) is 0 Å². The monoisotopic (exact) mass is 380 g/mol. The zero-order valence-electron chi connectivity index (χ0n) is 18.0. The van der Waals surface area contributed by atoms with E-state index < -0.39 is 0 Å². The summed E-state index contributed by atoms with van der Waals surface area (Å²) < 4.78 is 6.31. The summed E-state index contributed by atoms with van der Waals surface area (Å²) in [5.74, 6) is 2.11. The Kier molecular flexibility index (Phi) is 7.38. The zero-order chi connectivity index (χ0) is 19.9. The number of anilines is 1. The molecule has 1 fully saturated rings. The van der Waals surface area contributed by atoms with Gasteiger partial charge in [-0.15, -0.1) is 0 Å². The summed E-state index contributed by atoms with van der Waals surface area (Å²) in [5.41, 5.74) is 3.93. The van der Waals surface area contributed by atoms with Crippen LogP contribution in [0.3, 0.4) is 0 Å². The lowest BCUT2D eigenvalue weighted by molar-refractivity contribution is 0.110. The number of likely N-dealkylation sites (tertiary alicyclic amines) is 1. The average Bonchev–Trinajstić information content (AvgIpc) is 2.72. The number of unbranched alkanes of at least 4 members (excludes halogenated alkanes) is 1. The SMILES string of the molecule is CCCCN1CCC(c2ccc(N(C)C)cc2)C(COc2ccccc2C)C1. The van der Waals surface area contributed by atoms with Crippen molar-refractivity contribution < 1.29 is 4.74 Å². The van der Waals surface area contributed by atoms with Gasteiger partial charge < -0.3 is 14.5 Å². The molecule has 0 bridgehead atoms. The second kappa shape index (κ2) is 9.97. The first-order valence-electron chi connectivity index (χ1n) is 10.8. The fraction of sp³-hybridized carbons (Fsp3) is 0.520. The lowest BCUT2D eigenvalue weighted by atomic mass is 9.80. The van der Waals surface area contributed by atoms with Crippen molar-refractivity contribution in [2.24, 2.45) is 5.92 Å². The first kappa shape index (κ1) is 20.7. The molecule has 1 aliphatic rings. The van der Waals surface area contributed by atoms with E-state index >= 15 is 0 Å². The van der Waals surface area contributed by atoms with Gasteiger partial charge in [-0.1, -0.05) is 43.7 Å². The van der Waals surface area contributed by atoms with Crippen LogP contribution >= 0.6 is 0 Å². The maximum absolute atomic E-state index is 6.31. The number of piperidine rings is 1. The van der Waals surface area contributed by atoms with Crippen LogP contribution in [0.25, 0.3) is 0 Å². The summed E-state index contributed by atoms with van der Waals surface area (Å²) in [6.07, 6.45) is 3.76. The van der Waals surface area contributed by atoms with Crippen molar-refractivity contribution in [2.75, 3.05) is 45.2 Å². The molecule has 1 aliphatic heterocycles. The highest BCUT2D eigenvalue weighted by Crippen LogP contribution is 2.34. The van der Waals surface area contributed by atoms with Gasteiger partial charge in [0.05, 0.1) is 6.61 Å². The van der Waals surface area contributed by atoms with Gasteiger partial charge in [-0.25, -0.2) is 0 Å². The minimum absolute atomic E-state index is 0.524. The number of hydrogen-bond acceptors (Lipinski definition) is 3. The normalized spacial score (nSPS) is 20.1. The van der Waals surface area contributed by atoms with Crippen molar-refractivity contribution in [3.8, 4) is 5.75 Å². The van der Waals surface area contributed by atoms with Gasteiger partial charge in [-0.2, -0.15) is 0 Å². The van der Waals surface area contributed by atoms with E-state index in [0.717, 1.165) is 18.9 Å². The molecule has 2 unspecified atom stereocenters. The fourth-order valence-corrected chi connectivity index (χ4v) is 4.23. The van der Waals surface area contributed by atoms with Crippen molar-refractivity contribution in [3.63, 3.8) is 0 Å². The lowest BCUT2D eigenvalue weighted by Gasteiger charge is -2.39. The number of aryl methyl sites for hydroxylation is 1. The van der Waals surface area contributed by atoms with Crippen LogP contribution in [-0.2, 0) is 0 Å². The lowest BCUT2D eigenvalue weighted by Crippen LogP contribution is -2.42. The van der Waals surface area contributed by atoms with E-state index in [1.165, 1.54) is 49.2 Å². The Hall–Kier alpha value is -2.00. The van der Waals surface area contributed by atoms with Gasteiger partial charge in [-0.05, 0) is 68.1 Å². The highest BCUT2D eigenvalue weighted by atomic mass is 16.5. The number of rotatable bonds is 8. The van der Waals surface area contributed by atoms with E-state index in [4.69, 9.17) is 4.74 Å². The standard InChI is InChI=1S/C25H36N2O/c1-5-6-16-27-17-15-24(21-11-13-23(14-12-21)26(3)4)22(18-27)19-28-25-10-8-7-9-20(25)2/h7-14,22,24H,5-6,15-19H2,1-4H3. The molecule has 0 saturated carbocycles. The molecule has 1 saturated heterocycles. The number of hydrogen-bond donors (Lipinski definition) is 0. The molecular formula is C25H36N2O. The highest BCUT2D eigenvalue weighted by molar-refractivity contribution is 5.46. The third kappa shape index (κ3) is 5.29. The number of ether oxygens (including phenoxy) is 1. The van der Waals surface area contributed by atoms with Crippen LogP contribution in [0.2, 0.25) is 0 Å². The Bertz CT molecular complexity index is 726. The highest BCUT2D eigenvalue weighted by Gasteiger charge is 2.30. The van der Waals surface area contributed by atoms with E-state index in [1.54, 1.807) is 0 Å². The molecule has 0 radical (unpaired) electrons. The first-order chi connectivity index (χ1) is 13.6. The average molecular weight is 381 g/mol. The second-order valence-corrected chi connectivity index (χ2v) is 8.37. The van der Waals surface area contributed by atoms with Crippen LogP contribution in [0.1, 0.15) is 43.2 Å². The fourth-order valence-electron chi connectivity index (χ4n) is 4.23. The molecule has 3 rings (SSSR count). The van der Waals surface area contributed by atoms with Gasteiger partial charge in [0.15, 0.2) is 0 Å². The van der Waals surface area contributed by atoms with Gasteiger partial charge in [0.1, 0.15) is 5.75 Å². The van der Waals surface area contributed by atoms with E-state index in [9.17, 15) is 0 Å². The molecule has 3 heteroatoms. The minimum Gasteiger partial charge on any atom is -0.493 e. The van der Waals surface area contributed by atoms with Crippen molar-refractivity contribution in [2.45, 2.75) is 39.0 Å². The molecule has 152 valence electrons. The number of nitrogens with zero attached hydrogens (tertiary/aromatic N) is 2. The zero-order valence-corrected chi connectivity index (χ0v) is 18.0. The van der Waals surface area contributed by atoms with Gasteiger partial charge in [0, 0.05) is 32.2 Å². The molecule has 2 aromatic rings. The van der Waals surface area contributed by atoms with Gasteiger partial charge in [0.25, 0.3) is 0 Å². The van der Waals surface area contributed by atoms with Crippen LogP contribution in [0.4, 0.5) is 5.69 Å². The Morgan fingerprint density at radius 3 is 2.50 bits per heavy atom. The molecule has 3 nitrogen and oxygen atoms in total. The van der Waals surface area contributed by atoms with Crippen LogP contribution in [0, 0.1) is 12.8 Å². The van der Waals surface area contributed by atoms with Gasteiger partial charge >= 0.3 is 0 Å². The number of para-hydroxylation sites is 1. The quantitative estimate of drug-likeness (QED) is 0.614. The molecule has 2 aromatic carbocycles. The Morgan fingerprint density at radius 2 is 1.82 bits per heavy atom. The molecule has 28 heavy (non-hydrogen) atoms. The molecule has 0 spiro atoms. The molecule has 0 aliphatic carbocycles. The second-order valence-electron chi connectivity index (χ2n) is 8.37. The smallest absolute Gasteiger partial charge is 0.122 e. The van der Waals surface area contributed by atoms with E-state index in [1.807, 2.05) is 0 Å². The van der Waals surface area contributed by atoms with E-state index in [2.05, 4.69) is 86.3 Å². The first-order valence-corrected chi connectivity index (χ1v) is 10.8. The summed E-state index contributed by atoms with van der Waals surface area (Å²) >= 11 is 0. The molecule has 2 atom stereocenters. The van der Waals surface area contributed by atoms with Gasteiger partial charge in [-0.3, -0.25) is 0 Å². The van der Waals surface area contributed by atoms with Crippen LogP contribution < -0.4 is 9.64 Å². The summed E-state index contributed by atoms with van der Waals surface area (Å²) in [6, 6.07) is 17.5. The molecule has 0 N–H and O–H groups in total. The van der Waals surface area contributed by atoms with Crippen molar-refractivity contribution in [1.82, 2.24) is 4.90 Å².